The molecule has 4 aromatic carbocycles. The van der Waals surface area contributed by atoms with Crippen molar-refractivity contribution in [3.05, 3.63) is 129 Å². The molecule has 2 amide bonds. The summed E-state index contributed by atoms with van der Waals surface area (Å²) in [6.07, 6.45) is 3.23. The molecule has 7 heteroatoms. The van der Waals surface area contributed by atoms with Gasteiger partial charge in [0.15, 0.2) is 0 Å². The number of benzene rings is 4. The summed E-state index contributed by atoms with van der Waals surface area (Å²) >= 11 is 0. The minimum absolute atomic E-state index is 0.322. The minimum Gasteiger partial charge on any atom is -0.457 e. The lowest BCUT2D eigenvalue weighted by Crippen LogP contribution is -2.17. The largest absolute Gasteiger partial charge is 0.457 e. The molecule has 0 saturated carbocycles. The number of ether oxygens (including phenoxy) is 1. The van der Waals surface area contributed by atoms with Gasteiger partial charge in [-0.2, -0.15) is 10.2 Å². The number of amides is 2. The van der Waals surface area contributed by atoms with E-state index in [9.17, 15) is 9.59 Å². The maximum Gasteiger partial charge on any atom is 0.271 e. The molecule has 0 spiro atoms. The van der Waals surface area contributed by atoms with E-state index in [4.69, 9.17) is 4.74 Å². The Morgan fingerprint density at radius 2 is 0.949 bits per heavy atom. The number of carbonyl (C=O) groups is 2. The summed E-state index contributed by atoms with van der Waals surface area (Å²) in [5.74, 6) is 0.468. The lowest BCUT2D eigenvalue weighted by atomic mass is 10.1. The van der Waals surface area contributed by atoms with Crippen LogP contribution in [0.3, 0.4) is 0 Å². The Morgan fingerprint density at radius 3 is 1.31 bits per heavy atom. The van der Waals surface area contributed by atoms with E-state index in [0.29, 0.717) is 22.6 Å². The van der Waals surface area contributed by atoms with Gasteiger partial charge in [0.25, 0.3) is 11.8 Å². The molecule has 0 atom stereocenters. The van der Waals surface area contributed by atoms with Crippen LogP contribution in [0.25, 0.3) is 0 Å². The van der Waals surface area contributed by atoms with Gasteiger partial charge in [-0.1, -0.05) is 36.4 Å². The molecule has 196 valence electrons. The van der Waals surface area contributed by atoms with Gasteiger partial charge in [0.05, 0.1) is 12.4 Å². The Kier molecular flexibility index (Phi) is 8.64. The topological polar surface area (TPSA) is 92.1 Å². The van der Waals surface area contributed by atoms with Gasteiger partial charge in [0, 0.05) is 11.1 Å². The zero-order chi connectivity index (χ0) is 27.8. The van der Waals surface area contributed by atoms with Crippen LogP contribution in [0.15, 0.2) is 95.1 Å². The molecular weight excluding hydrogens is 488 g/mol. The molecular formula is C32H30N4O3. The highest BCUT2D eigenvalue weighted by molar-refractivity contribution is 5.95. The molecule has 4 rings (SSSR count). The standard InChI is InChI=1S/C32H30N4O3/c1-21-5-7-25(17-23(21)3)19-33-35-31(37)27-9-13-29(14-10-27)39-30-15-11-28(12-16-30)32(38)36-34-20-26-8-6-22(2)24(4)18-26/h5-20H,1-4H3,(H,35,37)(H,36,38)/b33-19+,34-20+. The highest BCUT2D eigenvalue weighted by Crippen LogP contribution is 2.22. The van der Waals surface area contributed by atoms with Gasteiger partial charge in [-0.15, -0.1) is 0 Å². The van der Waals surface area contributed by atoms with Crippen molar-refractivity contribution in [1.29, 1.82) is 0 Å². The molecule has 0 aromatic heterocycles. The van der Waals surface area contributed by atoms with Gasteiger partial charge >= 0.3 is 0 Å². The summed E-state index contributed by atoms with van der Waals surface area (Å²) in [7, 11) is 0. The number of aryl methyl sites for hydroxylation is 4. The first-order chi connectivity index (χ1) is 18.8. The molecule has 0 bridgehead atoms. The molecule has 0 aliphatic heterocycles. The summed E-state index contributed by atoms with van der Waals surface area (Å²) in [5, 5.41) is 8.09. The predicted octanol–water partition coefficient (Wildman–Crippen LogP) is 6.24. The van der Waals surface area contributed by atoms with Crippen molar-refractivity contribution in [2.45, 2.75) is 27.7 Å². The van der Waals surface area contributed by atoms with Gasteiger partial charge in [-0.25, -0.2) is 10.9 Å². The van der Waals surface area contributed by atoms with E-state index in [-0.39, 0.29) is 11.8 Å². The van der Waals surface area contributed by atoms with Crippen molar-refractivity contribution < 1.29 is 14.3 Å². The second-order valence-corrected chi connectivity index (χ2v) is 9.24. The molecule has 7 nitrogen and oxygen atoms in total. The molecule has 0 saturated heterocycles. The molecule has 0 radical (unpaired) electrons. The van der Waals surface area contributed by atoms with Crippen LogP contribution in [0.5, 0.6) is 11.5 Å². The third-order valence-corrected chi connectivity index (χ3v) is 6.29. The maximum atomic E-state index is 12.4. The number of hydrogen-bond acceptors (Lipinski definition) is 5. The van der Waals surface area contributed by atoms with Crippen molar-refractivity contribution in [2.75, 3.05) is 0 Å². The van der Waals surface area contributed by atoms with Crippen LogP contribution in [0.1, 0.15) is 54.1 Å². The Labute approximate surface area is 228 Å². The van der Waals surface area contributed by atoms with Gasteiger partial charge in [-0.05, 0) is 110 Å². The van der Waals surface area contributed by atoms with Crippen LogP contribution < -0.4 is 15.6 Å². The second kappa shape index (κ2) is 12.5. The zero-order valence-corrected chi connectivity index (χ0v) is 22.4. The third-order valence-electron chi connectivity index (χ3n) is 6.29. The predicted molar refractivity (Wildman–Crippen MR) is 155 cm³/mol. The minimum atomic E-state index is -0.322. The van der Waals surface area contributed by atoms with Crippen LogP contribution in [0.4, 0.5) is 0 Å². The zero-order valence-electron chi connectivity index (χ0n) is 22.4. The molecule has 0 heterocycles. The van der Waals surface area contributed by atoms with Crippen molar-refractivity contribution >= 4 is 24.2 Å². The first-order valence-electron chi connectivity index (χ1n) is 12.5. The van der Waals surface area contributed by atoms with E-state index in [1.807, 2.05) is 64.1 Å². The lowest BCUT2D eigenvalue weighted by molar-refractivity contribution is 0.0947. The number of carbonyl (C=O) groups excluding carboxylic acids is 2. The lowest BCUT2D eigenvalue weighted by Gasteiger charge is -2.07. The molecule has 0 aliphatic rings. The van der Waals surface area contributed by atoms with E-state index in [0.717, 1.165) is 22.3 Å². The summed E-state index contributed by atoms with van der Waals surface area (Å²) in [6.45, 7) is 8.16. The fraction of sp³-hybridized carbons (Fsp3) is 0.125. The molecule has 39 heavy (non-hydrogen) atoms. The maximum absolute atomic E-state index is 12.4. The first-order valence-corrected chi connectivity index (χ1v) is 12.5. The number of nitrogens with zero attached hydrogens (tertiary/aromatic N) is 2. The number of hydrazone groups is 2. The summed E-state index contributed by atoms with van der Waals surface area (Å²) in [6, 6.07) is 25.4. The SMILES string of the molecule is Cc1ccc(/C=N/NC(=O)c2ccc(Oc3ccc(C(=O)N/N=C/c4ccc(C)c(C)c4)cc3)cc2)cc1C. The molecule has 4 aromatic rings. The fourth-order valence-electron chi connectivity index (χ4n) is 3.63. The van der Waals surface area contributed by atoms with Crippen LogP contribution in [-0.2, 0) is 0 Å². The summed E-state index contributed by atoms with van der Waals surface area (Å²) in [5.41, 5.74) is 12.5. The van der Waals surface area contributed by atoms with Gasteiger partial charge in [0.1, 0.15) is 11.5 Å². The van der Waals surface area contributed by atoms with Crippen LogP contribution in [0, 0.1) is 27.7 Å². The molecule has 0 fully saturated rings. The van der Waals surface area contributed by atoms with Crippen LogP contribution in [-0.4, -0.2) is 24.2 Å². The van der Waals surface area contributed by atoms with E-state index in [2.05, 4.69) is 21.1 Å². The molecule has 2 N–H and O–H groups in total. The van der Waals surface area contributed by atoms with E-state index in [1.165, 1.54) is 11.1 Å². The Balaban J connectivity index is 1.28. The normalized spacial score (nSPS) is 11.1. The average Bonchev–Trinajstić information content (AvgIpc) is 2.93. The van der Waals surface area contributed by atoms with E-state index >= 15 is 0 Å². The third kappa shape index (κ3) is 7.49. The Hall–Kier alpha value is -5.04. The van der Waals surface area contributed by atoms with Gasteiger partial charge in [-0.3, -0.25) is 9.59 Å². The van der Waals surface area contributed by atoms with Gasteiger partial charge < -0.3 is 4.74 Å². The van der Waals surface area contributed by atoms with Crippen molar-refractivity contribution in [2.24, 2.45) is 10.2 Å². The quantitative estimate of drug-likeness (QED) is 0.214. The van der Waals surface area contributed by atoms with Crippen LogP contribution >= 0.6 is 0 Å². The van der Waals surface area contributed by atoms with Crippen molar-refractivity contribution in [3.8, 4) is 11.5 Å². The van der Waals surface area contributed by atoms with Crippen LogP contribution in [0.2, 0.25) is 0 Å². The fourth-order valence-corrected chi connectivity index (χ4v) is 3.63. The monoisotopic (exact) mass is 518 g/mol. The van der Waals surface area contributed by atoms with Gasteiger partial charge in [0.2, 0.25) is 0 Å². The highest BCUT2D eigenvalue weighted by atomic mass is 16.5. The Bertz CT molecular complexity index is 1420. The first kappa shape index (κ1) is 27.0. The Morgan fingerprint density at radius 1 is 0.564 bits per heavy atom. The van der Waals surface area contributed by atoms with E-state index in [1.54, 1.807) is 61.0 Å². The van der Waals surface area contributed by atoms with Crippen molar-refractivity contribution in [1.82, 2.24) is 10.9 Å². The highest BCUT2D eigenvalue weighted by Gasteiger charge is 2.07. The number of rotatable bonds is 8. The summed E-state index contributed by atoms with van der Waals surface area (Å²) in [4.78, 5) is 24.8. The smallest absolute Gasteiger partial charge is 0.271 e. The number of nitrogens with one attached hydrogen (secondary N) is 2. The average molecular weight is 519 g/mol. The second-order valence-electron chi connectivity index (χ2n) is 9.24. The van der Waals surface area contributed by atoms with E-state index < -0.39 is 0 Å². The van der Waals surface area contributed by atoms with Crippen molar-refractivity contribution in [3.63, 3.8) is 0 Å². The molecule has 0 aliphatic carbocycles. The molecule has 0 unspecified atom stereocenters. The number of hydrogen-bond donors (Lipinski definition) is 2. The summed E-state index contributed by atoms with van der Waals surface area (Å²) < 4.78 is 5.84.